The van der Waals surface area contributed by atoms with Crippen molar-refractivity contribution in [3.8, 4) is 0 Å². The van der Waals surface area contributed by atoms with E-state index in [4.69, 9.17) is 5.73 Å². The SMILES string of the molecule is C=Cc1ccc(Cc2cc(C)cc(F)c2)cc1C(C)N. The average Bonchev–Trinajstić information content (AvgIpc) is 2.37. The van der Waals surface area contributed by atoms with E-state index in [1.807, 2.05) is 38.1 Å². The highest BCUT2D eigenvalue weighted by atomic mass is 19.1. The highest BCUT2D eigenvalue weighted by molar-refractivity contribution is 5.54. The summed E-state index contributed by atoms with van der Waals surface area (Å²) in [5, 5.41) is 0. The minimum atomic E-state index is -0.185. The molecule has 0 radical (unpaired) electrons. The summed E-state index contributed by atoms with van der Waals surface area (Å²) in [7, 11) is 0. The van der Waals surface area contributed by atoms with Crippen LogP contribution in [-0.4, -0.2) is 0 Å². The Bertz CT molecular complexity index is 609. The average molecular weight is 269 g/mol. The maximum absolute atomic E-state index is 13.4. The van der Waals surface area contributed by atoms with Crippen LogP contribution in [-0.2, 0) is 6.42 Å². The first-order chi connectivity index (χ1) is 9.49. The Balaban J connectivity index is 2.34. The van der Waals surface area contributed by atoms with Gasteiger partial charge in [-0.25, -0.2) is 4.39 Å². The molecule has 2 aromatic rings. The van der Waals surface area contributed by atoms with Crippen LogP contribution in [0.4, 0.5) is 4.39 Å². The number of benzene rings is 2. The summed E-state index contributed by atoms with van der Waals surface area (Å²) in [6.07, 6.45) is 2.52. The van der Waals surface area contributed by atoms with Gasteiger partial charge in [0.2, 0.25) is 0 Å². The third-order valence-corrected chi connectivity index (χ3v) is 3.37. The first-order valence-corrected chi connectivity index (χ1v) is 6.76. The molecular weight excluding hydrogens is 249 g/mol. The third kappa shape index (κ3) is 3.34. The first-order valence-electron chi connectivity index (χ1n) is 6.76. The molecule has 0 saturated heterocycles. The summed E-state index contributed by atoms with van der Waals surface area (Å²) in [5.74, 6) is -0.185. The van der Waals surface area contributed by atoms with Crippen LogP contribution in [0.15, 0.2) is 43.0 Å². The van der Waals surface area contributed by atoms with Gasteiger partial charge in [-0.15, -0.1) is 0 Å². The lowest BCUT2D eigenvalue weighted by molar-refractivity contribution is 0.624. The maximum atomic E-state index is 13.4. The van der Waals surface area contributed by atoms with E-state index in [1.165, 1.54) is 6.07 Å². The third-order valence-electron chi connectivity index (χ3n) is 3.37. The molecule has 2 rings (SSSR count). The molecule has 2 aromatic carbocycles. The molecule has 0 fully saturated rings. The fraction of sp³-hybridized carbons (Fsp3) is 0.222. The predicted molar refractivity (Wildman–Crippen MR) is 83.1 cm³/mol. The van der Waals surface area contributed by atoms with Crippen LogP contribution in [0.25, 0.3) is 6.08 Å². The van der Waals surface area contributed by atoms with Gasteiger partial charge in [-0.3, -0.25) is 0 Å². The second kappa shape index (κ2) is 6.02. The van der Waals surface area contributed by atoms with E-state index in [0.717, 1.165) is 27.8 Å². The van der Waals surface area contributed by atoms with Gasteiger partial charge in [0.25, 0.3) is 0 Å². The zero-order valence-corrected chi connectivity index (χ0v) is 12.0. The van der Waals surface area contributed by atoms with E-state index in [1.54, 1.807) is 6.07 Å². The molecule has 0 spiro atoms. The van der Waals surface area contributed by atoms with Gasteiger partial charge in [0.15, 0.2) is 0 Å². The van der Waals surface area contributed by atoms with Crippen LogP contribution in [0, 0.1) is 12.7 Å². The largest absolute Gasteiger partial charge is 0.324 e. The van der Waals surface area contributed by atoms with Crippen molar-refractivity contribution < 1.29 is 4.39 Å². The highest BCUT2D eigenvalue weighted by Gasteiger charge is 2.07. The van der Waals surface area contributed by atoms with Crippen LogP contribution in [0.3, 0.4) is 0 Å². The van der Waals surface area contributed by atoms with Crippen molar-refractivity contribution in [2.24, 2.45) is 5.73 Å². The normalized spacial score (nSPS) is 12.2. The standard InChI is InChI=1S/C18H20FN/c1-4-16-6-5-14(11-18(16)13(3)20)9-15-7-12(2)8-17(19)10-15/h4-8,10-11,13H,1,9,20H2,2-3H3. The number of aryl methyl sites for hydroxylation is 1. The van der Waals surface area contributed by atoms with Crippen molar-refractivity contribution in [1.82, 2.24) is 0 Å². The minimum absolute atomic E-state index is 0.0443. The second-order valence-corrected chi connectivity index (χ2v) is 5.27. The molecule has 0 aromatic heterocycles. The molecule has 0 aliphatic heterocycles. The Morgan fingerprint density at radius 1 is 1.20 bits per heavy atom. The summed E-state index contributed by atoms with van der Waals surface area (Å²) in [4.78, 5) is 0. The molecule has 20 heavy (non-hydrogen) atoms. The summed E-state index contributed by atoms with van der Waals surface area (Å²) >= 11 is 0. The van der Waals surface area contributed by atoms with Gasteiger partial charge in [-0.1, -0.05) is 36.9 Å². The number of halogens is 1. The van der Waals surface area contributed by atoms with E-state index in [0.29, 0.717) is 6.42 Å². The second-order valence-electron chi connectivity index (χ2n) is 5.27. The number of rotatable bonds is 4. The van der Waals surface area contributed by atoms with Crippen molar-refractivity contribution in [2.75, 3.05) is 0 Å². The van der Waals surface area contributed by atoms with Crippen LogP contribution < -0.4 is 5.73 Å². The highest BCUT2D eigenvalue weighted by Crippen LogP contribution is 2.21. The van der Waals surface area contributed by atoms with Crippen LogP contribution in [0.2, 0.25) is 0 Å². The van der Waals surface area contributed by atoms with Crippen molar-refractivity contribution >= 4 is 6.08 Å². The predicted octanol–water partition coefficient (Wildman–Crippen LogP) is 4.39. The lowest BCUT2D eigenvalue weighted by Gasteiger charge is -2.13. The van der Waals surface area contributed by atoms with E-state index in [-0.39, 0.29) is 11.9 Å². The Kier molecular flexibility index (Phi) is 4.35. The number of hydrogen-bond acceptors (Lipinski definition) is 1. The van der Waals surface area contributed by atoms with E-state index >= 15 is 0 Å². The molecule has 2 N–H and O–H groups in total. The van der Waals surface area contributed by atoms with Crippen molar-refractivity contribution in [1.29, 1.82) is 0 Å². The van der Waals surface area contributed by atoms with Gasteiger partial charge in [0.1, 0.15) is 5.82 Å². The van der Waals surface area contributed by atoms with Gasteiger partial charge < -0.3 is 5.73 Å². The Morgan fingerprint density at radius 2 is 1.95 bits per heavy atom. The molecule has 0 bridgehead atoms. The summed E-state index contributed by atoms with van der Waals surface area (Å²) in [6, 6.07) is 11.2. The van der Waals surface area contributed by atoms with E-state index < -0.39 is 0 Å². The zero-order valence-electron chi connectivity index (χ0n) is 12.0. The Hall–Kier alpha value is -1.93. The maximum Gasteiger partial charge on any atom is 0.123 e. The first kappa shape index (κ1) is 14.5. The number of nitrogens with two attached hydrogens (primary N) is 1. The molecule has 0 amide bonds. The monoisotopic (exact) mass is 269 g/mol. The fourth-order valence-corrected chi connectivity index (χ4v) is 2.46. The topological polar surface area (TPSA) is 26.0 Å². The molecule has 0 aliphatic carbocycles. The van der Waals surface area contributed by atoms with Gasteiger partial charge in [-0.2, -0.15) is 0 Å². The van der Waals surface area contributed by atoms with Crippen molar-refractivity contribution in [2.45, 2.75) is 26.3 Å². The van der Waals surface area contributed by atoms with E-state index in [9.17, 15) is 4.39 Å². The molecular formula is C18H20FN. The van der Waals surface area contributed by atoms with Gasteiger partial charge >= 0.3 is 0 Å². The minimum Gasteiger partial charge on any atom is -0.324 e. The number of hydrogen-bond donors (Lipinski definition) is 1. The molecule has 104 valence electrons. The molecule has 2 heteroatoms. The molecule has 1 atom stereocenters. The van der Waals surface area contributed by atoms with Crippen molar-refractivity contribution in [3.05, 3.63) is 76.6 Å². The Morgan fingerprint density at radius 3 is 2.55 bits per heavy atom. The van der Waals surface area contributed by atoms with Crippen molar-refractivity contribution in [3.63, 3.8) is 0 Å². The van der Waals surface area contributed by atoms with Gasteiger partial charge in [-0.05, 0) is 60.2 Å². The van der Waals surface area contributed by atoms with Crippen LogP contribution in [0.1, 0.15) is 40.8 Å². The zero-order chi connectivity index (χ0) is 14.7. The summed E-state index contributed by atoms with van der Waals surface area (Å²) in [5.41, 5.74) is 11.2. The molecule has 0 heterocycles. The molecule has 0 aliphatic rings. The van der Waals surface area contributed by atoms with Crippen LogP contribution in [0.5, 0.6) is 0 Å². The smallest absolute Gasteiger partial charge is 0.123 e. The Labute approximate surface area is 119 Å². The fourth-order valence-electron chi connectivity index (χ4n) is 2.46. The summed E-state index contributed by atoms with van der Waals surface area (Å²) < 4.78 is 13.4. The lowest BCUT2D eigenvalue weighted by Crippen LogP contribution is -2.07. The molecule has 0 saturated carbocycles. The quantitative estimate of drug-likeness (QED) is 0.875. The van der Waals surface area contributed by atoms with Gasteiger partial charge in [0.05, 0.1) is 0 Å². The van der Waals surface area contributed by atoms with E-state index in [2.05, 4.69) is 12.6 Å². The molecule has 1 nitrogen and oxygen atoms in total. The van der Waals surface area contributed by atoms with Crippen LogP contribution >= 0.6 is 0 Å². The lowest BCUT2D eigenvalue weighted by atomic mass is 9.95. The summed E-state index contributed by atoms with van der Waals surface area (Å²) in [6.45, 7) is 7.67. The molecule has 1 unspecified atom stereocenters. The van der Waals surface area contributed by atoms with Gasteiger partial charge in [0, 0.05) is 6.04 Å².